The number of methoxy groups -OCH3 is 1. The number of carbonyl (C=O) groups excluding carboxylic acids is 3. The van der Waals surface area contributed by atoms with Gasteiger partial charge in [-0.1, -0.05) is 24.3 Å². The number of rotatable bonds is 9. The lowest BCUT2D eigenvalue weighted by molar-refractivity contribution is -0.385. The van der Waals surface area contributed by atoms with Crippen molar-refractivity contribution in [2.24, 2.45) is 0 Å². The van der Waals surface area contributed by atoms with Crippen molar-refractivity contribution in [2.75, 3.05) is 19.0 Å². The molecule has 1 N–H and O–H groups in total. The van der Waals surface area contributed by atoms with Crippen molar-refractivity contribution >= 4 is 62.2 Å². The molecule has 0 radical (unpaired) electrons. The second kappa shape index (κ2) is 12.3. The van der Waals surface area contributed by atoms with Crippen molar-refractivity contribution in [3.8, 4) is 11.5 Å². The number of imide groups is 1. The number of amides is 3. The van der Waals surface area contributed by atoms with Gasteiger partial charge in [-0.05, 0) is 88.6 Å². The van der Waals surface area contributed by atoms with Gasteiger partial charge in [0.15, 0.2) is 18.1 Å². The number of anilines is 1. The molecule has 0 aliphatic carbocycles. The minimum atomic E-state index is -0.554. The number of ether oxygens (including phenoxy) is 2. The van der Waals surface area contributed by atoms with Gasteiger partial charge >= 0.3 is 0 Å². The summed E-state index contributed by atoms with van der Waals surface area (Å²) < 4.78 is 11.8. The summed E-state index contributed by atoms with van der Waals surface area (Å²) in [4.78, 5) is 49.9. The summed E-state index contributed by atoms with van der Waals surface area (Å²) in [6, 6.07) is 14.6. The highest BCUT2D eigenvalue weighted by Gasteiger charge is 2.36. The molecular formula is C28H24BrN3O7S. The second-order valence-electron chi connectivity index (χ2n) is 8.82. The fourth-order valence-electron chi connectivity index (χ4n) is 3.88. The molecule has 0 saturated carbocycles. The normalized spacial score (nSPS) is 14.0. The van der Waals surface area contributed by atoms with Gasteiger partial charge in [0.2, 0.25) is 0 Å². The van der Waals surface area contributed by atoms with Gasteiger partial charge in [0, 0.05) is 16.1 Å². The predicted octanol–water partition coefficient (Wildman–Crippen LogP) is 6.24. The first-order valence-electron chi connectivity index (χ1n) is 11.9. The number of para-hydroxylation sites is 1. The molecule has 12 heteroatoms. The molecule has 0 aromatic heterocycles. The molecule has 0 bridgehead atoms. The highest BCUT2D eigenvalue weighted by Crippen LogP contribution is 2.36. The number of nitrogens with one attached hydrogen (secondary N) is 1. The van der Waals surface area contributed by atoms with E-state index in [0.29, 0.717) is 22.7 Å². The van der Waals surface area contributed by atoms with Crippen molar-refractivity contribution in [1.29, 1.82) is 0 Å². The van der Waals surface area contributed by atoms with Gasteiger partial charge < -0.3 is 14.8 Å². The molecule has 1 saturated heterocycles. The van der Waals surface area contributed by atoms with E-state index in [1.807, 2.05) is 26.0 Å². The quantitative estimate of drug-likeness (QED) is 0.168. The maximum absolute atomic E-state index is 13.0. The van der Waals surface area contributed by atoms with Crippen LogP contribution in [0.2, 0.25) is 0 Å². The van der Waals surface area contributed by atoms with E-state index in [1.165, 1.54) is 31.4 Å². The first-order valence-corrected chi connectivity index (χ1v) is 13.5. The Bertz CT molecular complexity index is 1560. The zero-order valence-electron chi connectivity index (χ0n) is 21.7. The van der Waals surface area contributed by atoms with E-state index in [4.69, 9.17) is 9.47 Å². The smallest absolute Gasteiger partial charge is 0.293 e. The molecule has 3 aromatic carbocycles. The Morgan fingerprint density at radius 1 is 1.10 bits per heavy atom. The molecule has 0 unspecified atom stereocenters. The Morgan fingerprint density at radius 2 is 1.82 bits per heavy atom. The van der Waals surface area contributed by atoms with Crippen molar-refractivity contribution < 1.29 is 28.8 Å². The molecule has 4 rings (SSSR count). The van der Waals surface area contributed by atoms with E-state index in [9.17, 15) is 24.5 Å². The lowest BCUT2D eigenvalue weighted by Gasteiger charge is -2.13. The number of hydrogen-bond acceptors (Lipinski definition) is 8. The van der Waals surface area contributed by atoms with Crippen LogP contribution in [0.25, 0.3) is 6.08 Å². The van der Waals surface area contributed by atoms with Crippen LogP contribution in [-0.4, -0.2) is 40.6 Å². The van der Waals surface area contributed by atoms with Crippen LogP contribution in [0.15, 0.2) is 64.0 Å². The van der Waals surface area contributed by atoms with Gasteiger partial charge in [-0.3, -0.25) is 29.4 Å². The predicted molar refractivity (Wildman–Crippen MR) is 155 cm³/mol. The summed E-state index contributed by atoms with van der Waals surface area (Å²) in [6.45, 7) is 3.46. The van der Waals surface area contributed by atoms with Crippen molar-refractivity contribution in [3.63, 3.8) is 0 Å². The zero-order chi connectivity index (χ0) is 29.0. The van der Waals surface area contributed by atoms with E-state index in [-0.39, 0.29) is 35.2 Å². The molecule has 10 nitrogen and oxygen atoms in total. The molecule has 1 fully saturated rings. The number of nitro benzene ring substituents is 1. The van der Waals surface area contributed by atoms with E-state index in [2.05, 4.69) is 21.2 Å². The lowest BCUT2D eigenvalue weighted by atomic mass is 10.1. The molecule has 1 heterocycles. The molecule has 1 aliphatic rings. The third-order valence-electron chi connectivity index (χ3n) is 6.09. The van der Waals surface area contributed by atoms with E-state index >= 15 is 0 Å². The fourth-order valence-corrected chi connectivity index (χ4v) is 5.28. The number of nitrogens with zero attached hydrogens (tertiary/aromatic N) is 2. The van der Waals surface area contributed by atoms with Crippen LogP contribution in [0.1, 0.15) is 22.3 Å². The number of carbonyl (C=O) groups is 3. The second-order valence-corrected chi connectivity index (χ2v) is 10.7. The van der Waals surface area contributed by atoms with Gasteiger partial charge in [0.25, 0.3) is 22.7 Å². The Labute approximate surface area is 242 Å². The molecule has 40 heavy (non-hydrogen) atoms. The summed E-state index contributed by atoms with van der Waals surface area (Å²) >= 11 is 4.20. The lowest BCUT2D eigenvalue weighted by Crippen LogP contribution is -2.27. The number of hydrogen-bond donors (Lipinski definition) is 1. The Balaban J connectivity index is 1.44. The Kier molecular flexibility index (Phi) is 8.90. The van der Waals surface area contributed by atoms with Crippen molar-refractivity contribution in [3.05, 3.63) is 96.3 Å². The molecule has 3 amide bonds. The van der Waals surface area contributed by atoms with Crippen LogP contribution >= 0.6 is 27.7 Å². The molecular weight excluding hydrogens is 602 g/mol. The van der Waals surface area contributed by atoms with Crippen LogP contribution in [0, 0.1) is 24.0 Å². The fraction of sp³-hybridized carbons (Fsp3) is 0.179. The molecule has 0 atom stereocenters. The standard InChI is InChI=1S/C28H24BrN3O7S/c1-16-10-20(29)21(11-17(16)2)30-26(33)15-39-23-9-8-18(12-24(23)38-3)13-25-27(34)31(28(35)40-25)14-19-6-4-5-7-22(19)32(36)37/h4-13H,14-15H2,1-3H3,(H,30,33)/b25-13-. The number of halogens is 1. The third-order valence-corrected chi connectivity index (χ3v) is 7.66. The average Bonchev–Trinajstić information content (AvgIpc) is 3.18. The number of thioether (sulfide) groups is 1. The van der Waals surface area contributed by atoms with Gasteiger partial charge in [-0.2, -0.15) is 0 Å². The largest absolute Gasteiger partial charge is 0.493 e. The molecule has 3 aromatic rings. The first-order chi connectivity index (χ1) is 19.1. The summed E-state index contributed by atoms with van der Waals surface area (Å²) in [7, 11) is 1.44. The maximum Gasteiger partial charge on any atom is 0.293 e. The number of nitro groups is 1. The van der Waals surface area contributed by atoms with Gasteiger partial charge in [0.05, 0.1) is 29.2 Å². The van der Waals surface area contributed by atoms with E-state index in [1.54, 1.807) is 24.3 Å². The minimum absolute atomic E-state index is 0.164. The average molecular weight is 626 g/mol. The first kappa shape index (κ1) is 28.8. The molecule has 1 aliphatic heterocycles. The van der Waals surface area contributed by atoms with Crippen LogP contribution in [0.5, 0.6) is 11.5 Å². The monoisotopic (exact) mass is 625 g/mol. The van der Waals surface area contributed by atoms with Gasteiger partial charge in [-0.25, -0.2) is 0 Å². The van der Waals surface area contributed by atoms with Crippen LogP contribution in [0.4, 0.5) is 16.2 Å². The van der Waals surface area contributed by atoms with E-state index in [0.717, 1.165) is 32.3 Å². The van der Waals surface area contributed by atoms with Crippen LogP contribution in [-0.2, 0) is 16.1 Å². The van der Waals surface area contributed by atoms with Crippen LogP contribution in [0.3, 0.4) is 0 Å². The highest BCUT2D eigenvalue weighted by atomic mass is 79.9. The summed E-state index contributed by atoms with van der Waals surface area (Å²) in [5, 5.41) is 13.6. The SMILES string of the molecule is COc1cc(/C=C2\SC(=O)N(Cc3ccccc3[N+](=O)[O-])C2=O)ccc1OCC(=O)Nc1cc(C)c(C)cc1Br. The Hall–Kier alpha value is -4.16. The molecule has 0 spiro atoms. The van der Waals surface area contributed by atoms with Crippen LogP contribution < -0.4 is 14.8 Å². The number of aryl methyl sites for hydroxylation is 2. The third kappa shape index (κ3) is 6.52. The summed E-state index contributed by atoms with van der Waals surface area (Å²) in [5.41, 5.74) is 3.42. The number of benzene rings is 3. The summed E-state index contributed by atoms with van der Waals surface area (Å²) in [5.74, 6) is -0.268. The highest BCUT2D eigenvalue weighted by molar-refractivity contribution is 9.10. The van der Waals surface area contributed by atoms with Crippen molar-refractivity contribution in [2.45, 2.75) is 20.4 Å². The van der Waals surface area contributed by atoms with E-state index < -0.39 is 16.1 Å². The van der Waals surface area contributed by atoms with Gasteiger partial charge in [0.1, 0.15) is 0 Å². The molecule has 206 valence electrons. The Morgan fingerprint density at radius 3 is 2.55 bits per heavy atom. The summed E-state index contributed by atoms with van der Waals surface area (Å²) in [6.07, 6.45) is 1.53. The topological polar surface area (TPSA) is 128 Å². The van der Waals surface area contributed by atoms with Gasteiger partial charge in [-0.15, -0.1) is 0 Å². The maximum atomic E-state index is 13.0. The minimum Gasteiger partial charge on any atom is -0.493 e. The van der Waals surface area contributed by atoms with Crippen molar-refractivity contribution in [1.82, 2.24) is 4.90 Å². The zero-order valence-corrected chi connectivity index (χ0v) is 24.1.